The van der Waals surface area contributed by atoms with Crippen molar-refractivity contribution in [2.24, 2.45) is 11.8 Å². The van der Waals surface area contributed by atoms with Crippen LogP contribution in [0.25, 0.3) is 0 Å². The van der Waals surface area contributed by atoms with Crippen molar-refractivity contribution in [1.29, 1.82) is 0 Å². The normalized spacial score (nSPS) is 34.0. The molecule has 0 aromatic carbocycles. The Bertz CT molecular complexity index is 313. The Hall–Kier alpha value is -1.05. The summed E-state index contributed by atoms with van der Waals surface area (Å²) < 4.78 is 6.00. The van der Waals surface area contributed by atoms with Crippen LogP contribution in [0.15, 0.2) is 24.5 Å². The largest absolute Gasteiger partial charge is 0.490 e. The maximum atomic E-state index is 6.00. The minimum Gasteiger partial charge on any atom is -0.490 e. The van der Waals surface area contributed by atoms with Gasteiger partial charge >= 0.3 is 0 Å². The Morgan fingerprint density at radius 1 is 1.00 bits per heavy atom. The molecule has 2 bridgehead atoms. The minimum atomic E-state index is 0.457. The molecule has 1 heterocycles. The Labute approximate surface area is 90.7 Å². The number of aromatic nitrogens is 1. The lowest BCUT2D eigenvalue weighted by atomic mass is 9.87. The van der Waals surface area contributed by atoms with Gasteiger partial charge in [0.15, 0.2) is 0 Å². The first-order valence-corrected chi connectivity index (χ1v) is 5.97. The van der Waals surface area contributed by atoms with E-state index in [1.165, 1.54) is 32.1 Å². The topological polar surface area (TPSA) is 22.1 Å². The number of hydrogen-bond acceptors (Lipinski definition) is 2. The van der Waals surface area contributed by atoms with Crippen LogP contribution >= 0.6 is 0 Å². The molecule has 0 aliphatic heterocycles. The van der Waals surface area contributed by atoms with E-state index in [4.69, 9.17) is 4.74 Å². The molecule has 0 spiro atoms. The monoisotopic (exact) mass is 203 g/mol. The van der Waals surface area contributed by atoms with Gasteiger partial charge in [-0.2, -0.15) is 0 Å². The highest BCUT2D eigenvalue weighted by Gasteiger charge is 2.34. The minimum absolute atomic E-state index is 0.457. The van der Waals surface area contributed by atoms with Crippen molar-refractivity contribution in [2.75, 3.05) is 0 Å². The zero-order chi connectivity index (χ0) is 10.1. The van der Waals surface area contributed by atoms with Crippen LogP contribution in [0, 0.1) is 11.8 Å². The van der Waals surface area contributed by atoms with Crippen molar-refractivity contribution in [3.63, 3.8) is 0 Å². The van der Waals surface area contributed by atoms with Crippen molar-refractivity contribution in [2.45, 2.75) is 38.2 Å². The van der Waals surface area contributed by atoms with Crippen LogP contribution in [-0.4, -0.2) is 11.1 Å². The third kappa shape index (κ3) is 1.99. The Kier molecular flexibility index (Phi) is 2.35. The van der Waals surface area contributed by atoms with Crippen molar-refractivity contribution >= 4 is 0 Å². The number of fused-ring (bicyclic) bond motifs is 2. The summed E-state index contributed by atoms with van der Waals surface area (Å²) in [5, 5.41) is 0. The van der Waals surface area contributed by atoms with Crippen LogP contribution in [0.3, 0.4) is 0 Å². The third-order valence-electron chi connectivity index (χ3n) is 3.79. The Balaban J connectivity index is 1.65. The van der Waals surface area contributed by atoms with Crippen LogP contribution in [0.2, 0.25) is 0 Å². The molecular weight excluding hydrogens is 186 g/mol. The van der Waals surface area contributed by atoms with E-state index in [1.807, 2.05) is 12.1 Å². The first-order chi connectivity index (χ1) is 7.40. The predicted octanol–water partition coefficient (Wildman–Crippen LogP) is 3.04. The highest BCUT2D eigenvalue weighted by molar-refractivity contribution is 5.17. The summed E-state index contributed by atoms with van der Waals surface area (Å²) in [5.41, 5.74) is 0. The van der Waals surface area contributed by atoms with Crippen LogP contribution in [0.4, 0.5) is 0 Å². The molecular formula is C13H17NO. The third-order valence-corrected chi connectivity index (χ3v) is 3.79. The maximum absolute atomic E-state index is 6.00. The summed E-state index contributed by atoms with van der Waals surface area (Å²) in [6, 6.07) is 3.91. The lowest BCUT2D eigenvalue weighted by molar-refractivity contribution is 0.119. The smallest absolute Gasteiger partial charge is 0.122 e. The van der Waals surface area contributed by atoms with E-state index in [1.54, 1.807) is 12.4 Å². The van der Waals surface area contributed by atoms with Gasteiger partial charge in [0.05, 0.1) is 6.10 Å². The Morgan fingerprint density at radius 2 is 1.67 bits per heavy atom. The second-order valence-electron chi connectivity index (χ2n) is 4.94. The van der Waals surface area contributed by atoms with Gasteiger partial charge in [-0.15, -0.1) is 0 Å². The van der Waals surface area contributed by atoms with Crippen LogP contribution in [0.5, 0.6) is 5.75 Å². The molecule has 2 aliphatic carbocycles. The molecule has 1 aromatic heterocycles. The van der Waals surface area contributed by atoms with Crippen molar-refractivity contribution < 1.29 is 4.74 Å². The van der Waals surface area contributed by atoms with Crippen molar-refractivity contribution in [1.82, 2.24) is 4.98 Å². The predicted molar refractivity (Wildman–Crippen MR) is 58.7 cm³/mol. The van der Waals surface area contributed by atoms with Crippen LogP contribution in [-0.2, 0) is 0 Å². The first kappa shape index (κ1) is 9.20. The highest BCUT2D eigenvalue weighted by Crippen LogP contribution is 2.42. The fourth-order valence-electron chi connectivity index (χ4n) is 3.15. The number of rotatable bonds is 2. The molecule has 15 heavy (non-hydrogen) atoms. The average molecular weight is 203 g/mol. The second-order valence-corrected chi connectivity index (χ2v) is 4.94. The van der Waals surface area contributed by atoms with Gasteiger partial charge in [-0.25, -0.2) is 0 Å². The fourth-order valence-corrected chi connectivity index (χ4v) is 3.15. The summed E-state index contributed by atoms with van der Waals surface area (Å²) >= 11 is 0. The fraction of sp³-hybridized carbons (Fsp3) is 0.615. The average Bonchev–Trinajstić information content (AvgIpc) is 2.60. The van der Waals surface area contributed by atoms with E-state index in [0.29, 0.717) is 6.10 Å². The quantitative estimate of drug-likeness (QED) is 0.737. The van der Waals surface area contributed by atoms with E-state index < -0.39 is 0 Å². The van der Waals surface area contributed by atoms with Gasteiger partial charge in [0.25, 0.3) is 0 Å². The van der Waals surface area contributed by atoms with Gasteiger partial charge in [-0.05, 0) is 43.2 Å². The summed E-state index contributed by atoms with van der Waals surface area (Å²) in [5.74, 6) is 2.86. The summed E-state index contributed by atoms with van der Waals surface area (Å²) in [6.45, 7) is 0. The van der Waals surface area contributed by atoms with Gasteiger partial charge in [0.1, 0.15) is 5.75 Å². The van der Waals surface area contributed by atoms with Gasteiger partial charge in [0, 0.05) is 12.4 Å². The summed E-state index contributed by atoms with van der Waals surface area (Å²) in [4.78, 5) is 4.00. The van der Waals surface area contributed by atoms with E-state index >= 15 is 0 Å². The molecule has 1 aromatic rings. The molecule has 0 N–H and O–H groups in total. The lowest BCUT2D eigenvalue weighted by Crippen LogP contribution is -2.25. The standard InChI is InChI=1S/C13H17NO/c1-2-11-7-10(1)8-13(9-11)15-12-3-5-14-6-4-12/h3-6,10-11,13H,1-2,7-9H2. The maximum Gasteiger partial charge on any atom is 0.122 e. The molecule has 2 heteroatoms. The molecule has 2 atom stereocenters. The van der Waals surface area contributed by atoms with Gasteiger partial charge in [-0.3, -0.25) is 4.98 Å². The van der Waals surface area contributed by atoms with Gasteiger partial charge in [0.2, 0.25) is 0 Å². The first-order valence-electron chi connectivity index (χ1n) is 5.97. The lowest BCUT2D eigenvalue weighted by Gasteiger charge is -2.28. The van der Waals surface area contributed by atoms with E-state index in [-0.39, 0.29) is 0 Å². The van der Waals surface area contributed by atoms with Crippen molar-refractivity contribution in [3.8, 4) is 5.75 Å². The molecule has 80 valence electrons. The van der Waals surface area contributed by atoms with E-state index in [9.17, 15) is 0 Å². The number of pyridine rings is 1. The number of nitrogens with zero attached hydrogens (tertiary/aromatic N) is 1. The highest BCUT2D eigenvalue weighted by atomic mass is 16.5. The zero-order valence-electron chi connectivity index (χ0n) is 8.93. The zero-order valence-corrected chi connectivity index (χ0v) is 8.93. The molecule has 2 unspecified atom stereocenters. The second kappa shape index (κ2) is 3.84. The SMILES string of the molecule is c1cc(OC2CC3CCC(C3)C2)ccn1. The summed E-state index contributed by atoms with van der Waals surface area (Å²) in [6.07, 6.45) is 10.9. The molecule has 0 radical (unpaired) electrons. The molecule has 0 saturated heterocycles. The Morgan fingerprint density at radius 3 is 2.33 bits per heavy atom. The molecule has 2 fully saturated rings. The van der Waals surface area contributed by atoms with Gasteiger partial charge < -0.3 is 4.74 Å². The molecule has 2 aliphatic rings. The molecule has 2 saturated carbocycles. The van der Waals surface area contributed by atoms with E-state index in [2.05, 4.69) is 4.98 Å². The molecule has 3 rings (SSSR count). The van der Waals surface area contributed by atoms with E-state index in [0.717, 1.165) is 17.6 Å². The van der Waals surface area contributed by atoms with Crippen molar-refractivity contribution in [3.05, 3.63) is 24.5 Å². The number of hydrogen-bond donors (Lipinski definition) is 0. The van der Waals surface area contributed by atoms with Crippen LogP contribution < -0.4 is 4.74 Å². The molecule has 2 nitrogen and oxygen atoms in total. The number of ether oxygens (including phenoxy) is 1. The van der Waals surface area contributed by atoms with Crippen LogP contribution in [0.1, 0.15) is 32.1 Å². The molecule has 0 amide bonds. The summed E-state index contributed by atoms with van der Waals surface area (Å²) in [7, 11) is 0. The van der Waals surface area contributed by atoms with Gasteiger partial charge in [-0.1, -0.05) is 12.8 Å².